The van der Waals surface area contributed by atoms with Crippen LogP contribution in [0.1, 0.15) is 75.4 Å². The van der Waals surface area contributed by atoms with E-state index >= 15 is 0 Å². The highest BCUT2D eigenvalue weighted by molar-refractivity contribution is 5.98. The Bertz CT molecular complexity index is 831. The molecule has 2 amide bonds. The number of amides is 2. The molecule has 0 aromatic heterocycles. The van der Waals surface area contributed by atoms with Gasteiger partial charge in [0.1, 0.15) is 0 Å². The quantitative estimate of drug-likeness (QED) is 0.841. The summed E-state index contributed by atoms with van der Waals surface area (Å²) in [5.41, 5.74) is 9.83. The third kappa shape index (κ3) is 4.55. The van der Waals surface area contributed by atoms with Crippen molar-refractivity contribution in [2.24, 2.45) is 11.1 Å². The van der Waals surface area contributed by atoms with E-state index in [4.69, 9.17) is 5.73 Å². The molecule has 1 aromatic rings. The van der Waals surface area contributed by atoms with Crippen LogP contribution in [-0.2, 0) is 10.3 Å². The molecule has 2 N–H and O–H groups in total. The van der Waals surface area contributed by atoms with Crippen LogP contribution >= 0.6 is 0 Å². The Balaban J connectivity index is 1.91. The summed E-state index contributed by atoms with van der Waals surface area (Å²) in [5.74, 6) is -0.229. The first-order chi connectivity index (χ1) is 13.5. The van der Waals surface area contributed by atoms with Gasteiger partial charge in [-0.15, -0.1) is 0 Å². The summed E-state index contributed by atoms with van der Waals surface area (Å²) in [6, 6.07) is 6.09. The smallest absolute Gasteiger partial charge is 0.249 e. The first kappa shape index (κ1) is 21.6. The predicted molar refractivity (Wildman–Crippen MR) is 117 cm³/mol. The maximum atomic E-state index is 12.1. The average Bonchev–Trinajstić information content (AvgIpc) is 2.67. The minimum Gasteiger partial charge on any atom is -0.366 e. The zero-order chi connectivity index (χ0) is 21.4. The van der Waals surface area contributed by atoms with Crippen LogP contribution in [-0.4, -0.2) is 47.8 Å². The zero-order valence-corrected chi connectivity index (χ0v) is 18.5. The first-order valence-electron chi connectivity index (χ1n) is 10.7. The van der Waals surface area contributed by atoms with E-state index in [0.29, 0.717) is 11.0 Å². The second-order valence-corrected chi connectivity index (χ2v) is 9.77. The molecule has 29 heavy (non-hydrogen) atoms. The van der Waals surface area contributed by atoms with Crippen LogP contribution in [0.2, 0.25) is 0 Å². The highest BCUT2D eigenvalue weighted by atomic mass is 16.2. The van der Waals surface area contributed by atoms with E-state index in [1.807, 2.05) is 17.0 Å². The molecule has 0 radical (unpaired) electrons. The van der Waals surface area contributed by atoms with Crippen molar-refractivity contribution < 1.29 is 9.59 Å². The molecule has 0 unspecified atom stereocenters. The van der Waals surface area contributed by atoms with Crippen molar-refractivity contribution in [3.05, 3.63) is 41.0 Å². The summed E-state index contributed by atoms with van der Waals surface area (Å²) in [7, 11) is 0. The summed E-state index contributed by atoms with van der Waals surface area (Å²) in [4.78, 5) is 28.1. The Hall–Kier alpha value is -2.14. The minimum atomic E-state index is -0.370. The Morgan fingerprint density at radius 2 is 1.76 bits per heavy atom. The number of nitrogens with zero attached hydrogens (tertiary/aromatic N) is 2. The summed E-state index contributed by atoms with van der Waals surface area (Å²) >= 11 is 0. The number of nitrogens with two attached hydrogens (primary N) is 1. The van der Waals surface area contributed by atoms with E-state index in [0.717, 1.165) is 51.0 Å². The number of carbonyl (C=O) groups excluding carboxylic acids is 2. The summed E-state index contributed by atoms with van der Waals surface area (Å²) in [6.45, 7) is 13.8. The van der Waals surface area contributed by atoms with Crippen molar-refractivity contribution in [1.29, 1.82) is 0 Å². The maximum Gasteiger partial charge on any atom is 0.249 e. The van der Waals surface area contributed by atoms with Gasteiger partial charge in [-0.3, -0.25) is 14.5 Å². The molecule has 1 aromatic carbocycles. The molecule has 158 valence electrons. The molecule has 3 rings (SSSR count). The molecule has 1 aliphatic carbocycles. The fraction of sp³-hybridized carbons (Fsp3) is 0.583. The lowest BCUT2D eigenvalue weighted by atomic mass is 9.76. The fourth-order valence-corrected chi connectivity index (χ4v) is 4.49. The van der Waals surface area contributed by atoms with Crippen molar-refractivity contribution in [2.75, 3.05) is 26.2 Å². The topological polar surface area (TPSA) is 66.6 Å². The van der Waals surface area contributed by atoms with Crippen LogP contribution in [0.5, 0.6) is 0 Å². The Morgan fingerprint density at radius 3 is 2.28 bits per heavy atom. The van der Waals surface area contributed by atoms with Crippen LogP contribution in [0.15, 0.2) is 24.3 Å². The summed E-state index contributed by atoms with van der Waals surface area (Å²) in [6.07, 6.45) is 5.38. The third-order valence-electron chi connectivity index (χ3n) is 6.83. The lowest BCUT2D eigenvalue weighted by Crippen LogP contribution is -2.54. The lowest BCUT2D eigenvalue weighted by Gasteiger charge is -2.44. The van der Waals surface area contributed by atoms with Crippen LogP contribution in [0.3, 0.4) is 0 Å². The minimum absolute atomic E-state index is 0.141. The monoisotopic (exact) mass is 397 g/mol. The van der Waals surface area contributed by atoms with Gasteiger partial charge in [0.05, 0.1) is 0 Å². The van der Waals surface area contributed by atoms with Crippen molar-refractivity contribution in [3.63, 3.8) is 0 Å². The summed E-state index contributed by atoms with van der Waals surface area (Å²) < 4.78 is 0. The average molecular weight is 398 g/mol. The second-order valence-electron chi connectivity index (χ2n) is 9.77. The van der Waals surface area contributed by atoms with Crippen molar-refractivity contribution in [3.8, 4) is 0 Å². The Kier molecular flexibility index (Phi) is 5.91. The van der Waals surface area contributed by atoms with Gasteiger partial charge in [0.15, 0.2) is 0 Å². The molecule has 2 aliphatic rings. The molecular formula is C24H35N3O2. The number of hydrogen-bond acceptors (Lipinski definition) is 3. The summed E-state index contributed by atoms with van der Waals surface area (Å²) in [5, 5.41) is 0. The number of benzene rings is 1. The van der Waals surface area contributed by atoms with Crippen LogP contribution < -0.4 is 5.73 Å². The van der Waals surface area contributed by atoms with Gasteiger partial charge in [0.25, 0.3) is 0 Å². The fourth-order valence-electron chi connectivity index (χ4n) is 4.49. The molecule has 5 nitrogen and oxygen atoms in total. The number of rotatable bonds is 4. The molecule has 1 saturated heterocycles. The molecule has 0 atom stereocenters. The Labute approximate surface area is 174 Å². The van der Waals surface area contributed by atoms with Crippen molar-refractivity contribution >= 4 is 17.4 Å². The molecule has 1 fully saturated rings. The van der Waals surface area contributed by atoms with Gasteiger partial charge in [-0.2, -0.15) is 0 Å². The second kappa shape index (κ2) is 7.94. The highest BCUT2D eigenvalue weighted by Gasteiger charge is 2.33. The van der Waals surface area contributed by atoms with Crippen molar-refractivity contribution in [1.82, 2.24) is 9.80 Å². The van der Waals surface area contributed by atoms with Gasteiger partial charge < -0.3 is 10.6 Å². The van der Waals surface area contributed by atoms with Crippen LogP contribution in [0, 0.1) is 5.41 Å². The van der Waals surface area contributed by atoms with E-state index in [1.165, 1.54) is 11.1 Å². The molecule has 1 aliphatic heterocycles. The van der Waals surface area contributed by atoms with E-state index in [9.17, 15) is 9.59 Å². The van der Waals surface area contributed by atoms with Gasteiger partial charge in [-0.1, -0.05) is 26.0 Å². The molecule has 5 heteroatoms. The number of piperazine rings is 1. The molecule has 0 spiro atoms. The molecule has 0 saturated carbocycles. The largest absolute Gasteiger partial charge is 0.366 e. The third-order valence-corrected chi connectivity index (χ3v) is 6.83. The maximum absolute atomic E-state index is 12.1. The number of hydrogen-bond donors (Lipinski definition) is 1. The zero-order valence-electron chi connectivity index (χ0n) is 18.5. The standard InChI is InChI=1S/C24H35N3O2/c1-17(28)26-12-14-27(15-13-26)24(4,5)19-6-7-20(22(25)29)21(16-19)18-8-10-23(2,3)11-9-18/h6-8,16H,9-15H2,1-5H3,(H2,25,29). The van der Waals surface area contributed by atoms with Gasteiger partial charge in [-0.05, 0) is 67.4 Å². The van der Waals surface area contributed by atoms with Gasteiger partial charge in [0, 0.05) is 44.2 Å². The molecule has 0 bridgehead atoms. The van der Waals surface area contributed by atoms with Crippen LogP contribution in [0.25, 0.3) is 5.57 Å². The highest BCUT2D eigenvalue weighted by Crippen LogP contribution is 2.40. The van der Waals surface area contributed by atoms with E-state index in [1.54, 1.807) is 6.92 Å². The molecule has 1 heterocycles. The van der Waals surface area contributed by atoms with Crippen molar-refractivity contribution in [2.45, 2.75) is 59.4 Å². The Morgan fingerprint density at radius 1 is 1.10 bits per heavy atom. The van der Waals surface area contributed by atoms with Gasteiger partial charge in [0.2, 0.25) is 11.8 Å². The number of carbonyl (C=O) groups is 2. The SMILES string of the molecule is CC(=O)N1CCN(C(C)(C)c2ccc(C(N)=O)c(C3=CCC(C)(C)CC3)c2)CC1. The van der Waals surface area contributed by atoms with E-state index in [-0.39, 0.29) is 17.4 Å². The van der Waals surface area contributed by atoms with E-state index in [2.05, 4.69) is 44.7 Å². The number of primary amides is 1. The van der Waals surface area contributed by atoms with E-state index < -0.39 is 0 Å². The lowest BCUT2D eigenvalue weighted by molar-refractivity contribution is -0.131. The normalized spacial score (nSPS) is 20.3. The number of allylic oxidation sites excluding steroid dienone is 2. The first-order valence-corrected chi connectivity index (χ1v) is 10.7. The predicted octanol–water partition coefficient (Wildman–Crippen LogP) is 3.78. The van der Waals surface area contributed by atoms with Crippen LogP contribution in [0.4, 0.5) is 0 Å². The van der Waals surface area contributed by atoms with Gasteiger partial charge in [-0.25, -0.2) is 0 Å². The molecular weight excluding hydrogens is 362 g/mol. The van der Waals surface area contributed by atoms with Gasteiger partial charge >= 0.3 is 0 Å².